The largest absolute Gasteiger partial charge is 0.329 e. The van der Waals surface area contributed by atoms with E-state index in [1.165, 1.54) is 31.1 Å². The molecule has 0 saturated carbocycles. The van der Waals surface area contributed by atoms with Gasteiger partial charge in [-0.15, -0.1) is 0 Å². The van der Waals surface area contributed by atoms with E-state index < -0.39 is 38.0 Å². The highest BCUT2D eigenvalue weighted by Crippen LogP contribution is 2.31. The number of aryl methyl sites for hydroxylation is 1. The predicted octanol–water partition coefficient (Wildman–Crippen LogP) is 2.43. The van der Waals surface area contributed by atoms with Gasteiger partial charge in [-0.25, -0.2) is 30.7 Å². The van der Waals surface area contributed by atoms with Crippen LogP contribution in [0.25, 0.3) is 0 Å². The minimum atomic E-state index is -4.18. The van der Waals surface area contributed by atoms with Crippen molar-refractivity contribution in [3.8, 4) is 0 Å². The summed E-state index contributed by atoms with van der Waals surface area (Å²) in [6, 6.07) is 17.8. The Morgan fingerprint density at radius 2 is 1.62 bits per heavy atom. The van der Waals surface area contributed by atoms with Crippen LogP contribution in [0.3, 0.4) is 0 Å². The van der Waals surface area contributed by atoms with Crippen molar-refractivity contribution in [3.63, 3.8) is 0 Å². The summed E-state index contributed by atoms with van der Waals surface area (Å²) in [6.07, 6.45) is 0.556. The van der Waals surface area contributed by atoms with Crippen molar-refractivity contribution in [1.82, 2.24) is 14.3 Å². The van der Waals surface area contributed by atoms with E-state index in [2.05, 4.69) is 5.32 Å². The molecule has 0 radical (unpaired) electrons. The minimum absolute atomic E-state index is 0.0389. The number of rotatable bonds is 8. The molecule has 0 spiro atoms. The molecule has 39 heavy (non-hydrogen) atoms. The quantitative estimate of drug-likeness (QED) is 0.428. The molecule has 0 saturated heterocycles. The van der Waals surface area contributed by atoms with E-state index in [-0.39, 0.29) is 22.8 Å². The highest BCUT2D eigenvalue weighted by molar-refractivity contribution is 7.90. The number of carbonyl (C=O) groups is 2. The summed E-state index contributed by atoms with van der Waals surface area (Å²) >= 11 is 0. The van der Waals surface area contributed by atoms with Crippen molar-refractivity contribution in [2.45, 2.75) is 35.6 Å². The zero-order valence-corrected chi connectivity index (χ0v) is 23.4. The molecular formula is C27H30N4O6S2. The van der Waals surface area contributed by atoms with Crippen LogP contribution in [0.5, 0.6) is 0 Å². The van der Waals surface area contributed by atoms with E-state index in [4.69, 9.17) is 0 Å². The normalized spacial score (nSPS) is 14.1. The second-order valence-corrected chi connectivity index (χ2v) is 13.2. The molecule has 12 heteroatoms. The highest BCUT2D eigenvalue weighted by atomic mass is 32.2. The smallest absolute Gasteiger partial charge is 0.325 e. The van der Waals surface area contributed by atoms with Gasteiger partial charge >= 0.3 is 6.03 Å². The minimum Gasteiger partial charge on any atom is -0.325 e. The molecule has 206 valence electrons. The Kier molecular flexibility index (Phi) is 8.09. The Labute approximate surface area is 228 Å². The average Bonchev–Trinajstić information content (AvgIpc) is 3.31. The zero-order valence-electron chi connectivity index (χ0n) is 21.8. The Morgan fingerprint density at radius 3 is 2.28 bits per heavy atom. The Bertz CT molecular complexity index is 1610. The molecule has 4 rings (SSSR count). The first-order chi connectivity index (χ1) is 18.4. The van der Waals surface area contributed by atoms with E-state index in [0.29, 0.717) is 23.2 Å². The zero-order chi connectivity index (χ0) is 28.4. The van der Waals surface area contributed by atoms with Gasteiger partial charge in [-0.3, -0.25) is 4.79 Å². The molecule has 0 bridgehead atoms. The first kappa shape index (κ1) is 28.3. The van der Waals surface area contributed by atoms with Crippen molar-refractivity contribution in [1.29, 1.82) is 0 Å². The van der Waals surface area contributed by atoms with Crippen LogP contribution in [0.2, 0.25) is 0 Å². The van der Waals surface area contributed by atoms with E-state index in [1.807, 2.05) is 10.8 Å². The first-order valence-corrected chi connectivity index (χ1v) is 15.1. The molecule has 3 aromatic carbocycles. The fourth-order valence-corrected chi connectivity index (χ4v) is 6.55. The van der Waals surface area contributed by atoms with Crippen LogP contribution in [0.15, 0.2) is 82.6 Å². The monoisotopic (exact) mass is 570 g/mol. The summed E-state index contributed by atoms with van der Waals surface area (Å²) < 4.78 is 53.9. The standard InChI is InChI=1S/C27H30N4O6S2/c1-19-9-7-8-12-25(19)38(34,35)29-27(33)28-23(17-20-10-5-4-6-11-20)26(32)31-16-15-21-18-22(13-14-24(21)31)39(36,37)30(2)3/h4-14,18,23H,15-17H2,1-3H3,(H2,28,29,33). The number of hydrogen-bond donors (Lipinski definition) is 2. The second-order valence-electron chi connectivity index (χ2n) is 9.40. The second kappa shape index (κ2) is 11.2. The molecule has 1 unspecified atom stereocenters. The number of amides is 3. The maximum atomic E-state index is 13.7. The third-order valence-electron chi connectivity index (χ3n) is 6.49. The van der Waals surface area contributed by atoms with E-state index in [1.54, 1.807) is 61.5 Å². The lowest BCUT2D eigenvalue weighted by atomic mass is 10.0. The average molecular weight is 571 g/mol. The van der Waals surface area contributed by atoms with E-state index in [9.17, 15) is 26.4 Å². The summed E-state index contributed by atoms with van der Waals surface area (Å²) in [6.45, 7) is 1.91. The topological polar surface area (TPSA) is 133 Å². The molecule has 2 N–H and O–H groups in total. The lowest BCUT2D eigenvalue weighted by Crippen LogP contribution is -2.53. The van der Waals surface area contributed by atoms with Crippen molar-refractivity contribution >= 4 is 37.7 Å². The van der Waals surface area contributed by atoms with Gasteiger partial charge in [-0.05, 0) is 54.3 Å². The van der Waals surface area contributed by atoms with Crippen LogP contribution >= 0.6 is 0 Å². The highest BCUT2D eigenvalue weighted by Gasteiger charge is 2.33. The van der Waals surface area contributed by atoms with Crippen LogP contribution < -0.4 is 14.9 Å². The Balaban J connectivity index is 1.59. The fraction of sp³-hybridized carbons (Fsp3) is 0.259. The van der Waals surface area contributed by atoms with Crippen LogP contribution in [0.4, 0.5) is 10.5 Å². The fourth-order valence-electron chi connectivity index (χ4n) is 4.44. The molecule has 1 atom stereocenters. The summed E-state index contributed by atoms with van der Waals surface area (Å²) in [4.78, 5) is 28.2. The number of fused-ring (bicyclic) bond motifs is 1. The van der Waals surface area contributed by atoms with Gasteiger partial charge in [0.1, 0.15) is 6.04 Å². The van der Waals surface area contributed by atoms with E-state index in [0.717, 1.165) is 9.87 Å². The Morgan fingerprint density at radius 1 is 0.949 bits per heavy atom. The number of urea groups is 1. The summed E-state index contributed by atoms with van der Waals surface area (Å²) in [7, 11) is -4.93. The molecule has 3 aromatic rings. The molecule has 1 aliphatic heterocycles. The number of nitrogens with zero attached hydrogens (tertiary/aromatic N) is 2. The summed E-state index contributed by atoms with van der Waals surface area (Å²) in [5.41, 5.74) is 2.48. The van der Waals surface area contributed by atoms with Gasteiger partial charge in [0.2, 0.25) is 15.9 Å². The number of nitrogens with one attached hydrogen (secondary N) is 2. The van der Waals surface area contributed by atoms with Gasteiger partial charge in [0.25, 0.3) is 10.0 Å². The van der Waals surface area contributed by atoms with Gasteiger partial charge in [0.05, 0.1) is 9.79 Å². The Hall–Kier alpha value is -3.74. The lowest BCUT2D eigenvalue weighted by molar-refractivity contribution is -0.120. The van der Waals surface area contributed by atoms with Gasteiger partial charge in [0.15, 0.2) is 0 Å². The van der Waals surface area contributed by atoms with Gasteiger partial charge in [-0.2, -0.15) is 0 Å². The molecular weight excluding hydrogens is 540 g/mol. The third kappa shape index (κ3) is 6.13. The number of sulfonamides is 2. The SMILES string of the molecule is Cc1ccccc1S(=O)(=O)NC(=O)NC(Cc1ccccc1)C(=O)N1CCc2cc(S(=O)(=O)N(C)C)ccc21. The molecule has 0 aliphatic carbocycles. The van der Waals surface area contributed by atoms with Crippen LogP contribution in [-0.2, 0) is 37.7 Å². The van der Waals surface area contributed by atoms with Gasteiger partial charge < -0.3 is 10.2 Å². The molecule has 3 amide bonds. The lowest BCUT2D eigenvalue weighted by Gasteiger charge is -2.25. The third-order valence-corrected chi connectivity index (χ3v) is 9.79. The van der Waals surface area contributed by atoms with Crippen molar-refractivity contribution < 1.29 is 26.4 Å². The maximum Gasteiger partial charge on any atom is 0.329 e. The van der Waals surface area contributed by atoms with Crippen molar-refractivity contribution in [2.75, 3.05) is 25.5 Å². The molecule has 1 heterocycles. The number of carbonyl (C=O) groups excluding carboxylic acids is 2. The van der Waals surface area contributed by atoms with E-state index >= 15 is 0 Å². The molecule has 0 fully saturated rings. The molecule has 1 aliphatic rings. The van der Waals surface area contributed by atoms with Crippen molar-refractivity contribution in [3.05, 3.63) is 89.5 Å². The predicted molar refractivity (Wildman–Crippen MR) is 147 cm³/mol. The maximum absolute atomic E-state index is 13.7. The number of benzene rings is 3. The van der Waals surface area contributed by atoms with Gasteiger partial charge in [0, 0.05) is 32.7 Å². The van der Waals surface area contributed by atoms with Crippen LogP contribution in [-0.4, -0.2) is 59.8 Å². The van der Waals surface area contributed by atoms with Crippen LogP contribution in [0.1, 0.15) is 16.7 Å². The van der Waals surface area contributed by atoms with Crippen molar-refractivity contribution in [2.24, 2.45) is 0 Å². The summed E-state index contributed by atoms with van der Waals surface area (Å²) in [5.74, 6) is -0.441. The first-order valence-electron chi connectivity index (χ1n) is 12.2. The molecule has 0 aromatic heterocycles. The number of anilines is 1. The van der Waals surface area contributed by atoms with Gasteiger partial charge in [-0.1, -0.05) is 48.5 Å². The molecule has 10 nitrogen and oxygen atoms in total. The summed E-state index contributed by atoms with van der Waals surface area (Å²) in [5, 5.41) is 2.55. The van der Waals surface area contributed by atoms with Crippen LogP contribution in [0, 0.1) is 6.92 Å². The number of hydrogen-bond acceptors (Lipinski definition) is 6.